The van der Waals surface area contributed by atoms with Crippen LogP contribution in [0.2, 0.25) is 5.02 Å². The van der Waals surface area contributed by atoms with Gasteiger partial charge in [-0.15, -0.1) is 0 Å². The summed E-state index contributed by atoms with van der Waals surface area (Å²) in [6.07, 6.45) is 1.00. The third-order valence-electron chi connectivity index (χ3n) is 2.50. The Morgan fingerprint density at radius 1 is 1.47 bits per heavy atom. The predicted octanol–water partition coefficient (Wildman–Crippen LogP) is 2.46. The number of halogens is 1. The Kier molecular flexibility index (Phi) is 5.19. The Labute approximate surface area is 106 Å². The molecule has 0 aliphatic rings. The predicted molar refractivity (Wildman–Crippen MR) is 68.9 cm³/mol. The van der Waals surface area contributed by atoms with E-state index in [9.17, 15) is 9.90 Å². The van der Waals surface area contributed by atoms with E-state index in [1.165, 1.54) is 0 Å². The molecule has 2 N–H and O–H groups in total. The van der Waals surface area contributed by atoms with Gasteiger partial charge in [-0.3, -0.25) is 4.79 Å². The van der Waals surface area contributed by atoms with E-state index in [1.807, 2.05) is 0 Å². The van der Waals surface area contributed by atoms with Crippen molar-refractivity contribution in [2.75, 3.05) is 6.54 Å². The number of rotatable bonds is 4. The molecular formula is C13H16ClNO2. The average molecular weight is 254 g/mol. The number of aliphatic hydroxyl groups is 1. The van der Waals surface area contributed by atoms with Gasteiger partial charge in [-0.2, -0.15) is 0 Å². The molecule has 1 aromatic carbocycles. The van der Waals surface area contributed by atoms with Gasteiger partial charge in [-0.25, -0.2) is 0 Å². The second-order valence-corrected chi connectivity index (χ2v) is 4.19. The van der Waals surface area contributed by atoms with E-state index >= 15 is 0 Å². The van der Waals surface area contributed by atoms with Gasteiger partial charge in [-0.1, -0.05) is 29.8 Å². The molecule has 17 heavy (non-hydrogen) atoms. The lowest BCUT2D eigenvalue weighted by Crippen LogP contribution is -2.28. The lowest BCUT2D eigenvalue weighted by atomic mass is 10.1. The lowest BCUT2D eigenvalue weighted by molar-refractivity contribution is -0.117. The maximum Gasteiger partial charge on any atom is 0.246 e. The normalized spacial score (nSPS) is 13.3. The van der Waals surface area contributed by atoms with Gasteiger partial charge < -0.3 is 10.4 Å². The van der Waals surface area contributed by atoms with Crippen LogP contribution < -0.4 is 5.32 Å². The lowest BCUT2D eigenvalue weighted by Gasteiger charge is -2.12. The van der Waals surface area contributed by atoms with Gasteiger partial charge in [0, 0.05) is 17.1 Å². The second-order valence-electron chi connectivity index (χ2n) is 3.75. The fraction of sp³-hybridized carbons (Fsp3) is 0.308. The fourth-order valence-electron chi connectivity index (χ4n) is 1.26. The van der Waals surface area contributed by atoms with Gasteiger partial charge in [0.1, 0.15) is 0 Å². The minimum absolute atomic E-state index is 0.166. The molecule has 4 heteroatoms. The van der Waals surface area contributed by atoms with Gasteiger partial charge >= 0.3 is 0 Å². The second kappa shape index (κ2) is 6.42. The minimum atomic E-state index is -0.721. The highest BCUT2D eigenvalue weighted by atomic mass is 35.5. The molecular weight excluding hydrogens is 238 g/mol. The standard InChI is InChI=1S/C13H16ClNO2/c1-3-9(2)13(17)15-8-12(16)10-4-6-11(14)7-5-10/h3-7,12,16H,8H2,1-2H3,(H,15,17)/b9-3-. The van der Waals surface area contributed by atoms with Gasteiger partial charge in [0.2, 0.25) is 5.91 Å². The van der Waals surface area contributed by atoms with Crippen LogP contribution in [-0.2, 0) is 4.79 Å². The number of hydrogen-bond donors (Lipinski definition) is 2. The zero-order chi connectivity index (χ0) is 12.8. The number of hydrogen-bond acceptors (Lipinski definition) is 2. The van der Waals surface area contributed by atoms with E-state index < -0.39 is 6.10 Å². The monoisotopic (exact) mass is 253 g/mol. The number of benzene rings is 1. The summed E-state index contributed by atoms with van der Waals surface area (Å²) in [4.78, 5) is 11.5. The third-order valence-corrected chi connectivity index (χ3v) is 2.75. The quantitative estimate of drug-likeness (QED) is 0.810. The molecule has 0 saturated carbocycles. The van der Waals surface area contributed by atoms with Crippen molar-refractivity contribution in [1.29, 1.82) is 0 Å². The zero-order valence-corrected chi connectivity index (χ0v) is 10.7. The maximum atomic E-state index is 11.5. The van der Waals surface area contributed by atoms with Crippen molar-refractivity contribution in [3.63, 3.8) is 0 Å². The van der Waals surface area contributed by atoms with Crippen LogP contribution in [0.4, 0.5) is 0 Å². The largest absolute Gasteiger partial charge is 0.387 e. The highest BCUT2D eigenvalue weighted by Gasteiger charge is 2.09. The van der Waals surface area contributed by atoms with Crippen molar-refractivity contribution in [2.24, 2.45) is 0 Å². The molecule has 0 spiro atoms. The molecule has 0 aliphatic heterocycles. The maximum absolute atomic E-state index is 11.5. The Hall–Kier alpha value is -1.32. The molecule has 1 unspecified atom stereocenters. The topological polar surface area (TPSA) is 49.3 Å². The summed E-state index contributed by atoms with van der Waals surface area (Å²) in [5, 5.41) is 13.1. The number of allylic oxidation sites excluding steroid dienone is 1. The Balaban J connectivity index is 2.53. The molecule has 0 saturated heterocycles. The summed E-state index contributed by atoms with van der Waals surface area (Å²) in [6.45, 7) is 3.71. The van der Waals surface area contributed by atoms with Crippen LogP contribution in [0, 0.1) is 0 Å². The van der Waals surface area contributed by atoms with E-state index in [4.69, 9.17) is 11.6 Å². The molecule has 3 nitrogen and oxygen atoms in total. The summed E-state index contributed by atoms with van der Waals surface area (Å²) in [7, 11) is 0. The van der Waals surface area contributed by atoms with Crippen LogP contribution in [0.25, 0.3) is 0 Å². The van der Waals surface area contributed by atoms with E-state index in [0.717, 1.165) is 5.56 Å². The van der Waals surface area contributed by atoms with Crippen molar-refractivity contribution in [1.82, 2.24) is 5.32 Å². The molecule has 1 aromatic rings. The number of nitrogens with one attached hydrogen (secondary N) is 1. The molecule has 0 aliphatic carbocycles. The highest BCUT2D eigenvalue weighted by Crippen LogP contribution is 2.15. The van der Waals surface area contributed by atoms with Crippen LogP contribution in [-0.4, -0.2) is 17.6 Å². The number of carbonyl (C=O) groups excluding carboxylic acids is 1. The fourth-order valence-corrected chi connectivity index (χ4v) is 1.39. The first-order valence-electron chi connectivity index (χ1n) is 5.39. The first kappa shape index (κ1) is 13.7. The SMILES string of the molecule is C/C=C(/C)C(=O)NCC(O)c1ccc(Cl)cc1. The molecule has 0 bridgehead atoms. The summed E-state index contributed by atoms with van der Waals surface area (Å²) < 4.78 is 0. The summed E-state index contributed by atoms with van der Waals surface area (Å²) >= 11 is 5.75. The van der Waals surface area contributed by atoms with Crippen molar-refractivity contribution < 1.29 is 9.90 Å². The zero-order valence-electron chi connectivity index (χ0n) is 9.90. The molecule has 0 heterocycles. The van der Waals surface area contributed by atoms with Crippen LogP contribution in [0.5, 0.6) is 0 Å². The molecule has 1 amide bonds. The Morgan fingerprint density at radius 2 is 2.06 bits per heavy atom. The number of aliphatic hydroxyl groups excluding tert-OH is 1. The Bertz CT molecular complexity index is 412. The molecule has 92 valence electrons. The summed E-state index contributed by atoms with van der Waals surface area (Å²) in [6, 6.07) is 6.89. The van der Waals surface area contributed by atoms with Crippen LogP contribution in [0.1, 0.15) is 25.5 Å². The third kappa shape index (κ3) is 4.21. The average Bonchev–Trinajstić information content (AvgIpc) is 2.35. The summed E-state index contributed by atoms with van der Waals surface area (Å²) in [5.41, 5.74) is 1.36. The van der Waals surface area contributed by atoms with E-state index in [-0.39, 0.29) is 12.5 Å². The number of carbonyl (C=O) groups is 1. The molecule has 0 aromatic heterocycles. The molecule has 1 atom stereocenters. The van der Waals surface area contributed by atoms with Gasteiger partial charge in [0.05, 0.1) is 6.10 Å². The van der Waals surface area contributed by atoms with E-state index in [1.54, 1.807) is 44.2 Å². The minimum Gasteiger partial charge on any atom is -0.387 e. The van der Waals surface area contributed by atoms with Gasteiger partial charge in [0.15, 0.2) is 0 Å². The van der Waals surface area contributed by atoms with Crippen molar-refractivity contribution in [2.45, 2.75) is 20.0 Å². The van der Waals surface area contributed by atoms with Crippen molar-refractivity contribution in [3.8, 4) is 0 Å². The molecule has 0 radical (unpaired) electrons. The van der Waals surface area contributed by atoms with Crippen LogP contribution >= 0.6 is 11.6 Å². The van der Waals surface area contributed by atoms with E-state index in [0.29, 0.717) is 10.6 Å². The molecule has 1 rings (SSSR count). The van der Waals surface area contributed by atoms with E-state index in [2.05, 4.69) is 5.32 Å². The number of amides is 1. The first-order chi connectivity index (χ1) is 8.04. The van der Waals surface area contributed by atoms with Crippen molar-refractivity contribution >= 4 is 17.5 Å². The smallest absolute Gasteiger partial charge is 0.246 e. The van der Waals surface area contributed by atoms with Gasteiger partial charge in [0.25, 0.3) is 0 Å². The summed E-state index contributed by atoms with van der Waals surface area (Å²) in [5.74, 6) is -0.166. The van der Waals surface area contributed by atoms with Crippen LogP contribution in [0.3, 0.4) is 0 Å². The Morgan fingerprint density at radius 3 is 2.59 bits per heavy atom. The van der Waals surface area contributed by atoms with Crippen molar-refractivity contribution in [3.05, 3.63) is 46.5 Å². The van der Waals surface area contributed by atoms with Gasteiger partial charge in [-0.05, 0) is 31.5 Å². The highest BCUT2D eigenvalue weighted by molar-refractivity contribution is 6.30. The molecule has 0 fully saturated rings. The van der Waals surface area contributed by atoms with Crippen LogP contribution in [0.15, 0.2) is 35.9 Å². The first-order valence-corrected chi connectivity index (χ1v) is 5.77.